The third-order valence-electron chi connectivity index (χ3n) is 2.73. The highest BCUT2D eigenvalue weighted by atomic mass is 79.9. The van der Waals surface area contributed by atoms with Gasteiger partial charge in [-0.1, -0.05) is 6.08 Å². The van der Waals surface area contributed by atoms with Crippen LogP contribution in [-0.2, 0) is 11.0 Å². The molecule has 2 rings (SSSR count). The summed E-state index contributed by atoms with van der Waals surface area (Å²) >= 11 is 2.75. The van der Waals surface area contributed by atoms with E-state index >= 15 is 0 Å². The predicted octanol–water partition coefficient (Wildman–Crippen LogP) is 2.80. The minimum Gasteiger partial charge on any atom is -0.280 e. The molecule has 1 aromatic heterocycles. The highest BCUT2D eigenvalue weighted by molar-refractivity contribution is 9.10. The van der Waals surface area contributed by atoms with Gasteiger partial charge < -0.3 is 0 Å². The summed E-state index contributed by atoms with van der Waals surface area (Å²) in [4.78, 5) is 20.0. The van der Waals surface area contributed by atoms with E-state index in [-0.39, 0.29) is 35.2 Å². The first kappa shape index (κ1) is 14.0. The standard InChI is InChI=1S/C11H9BrF3N3O/c1-2-6-3-8(19)18(5-6)10-16-4-7(12)9(17-10)11(13,14)15/h2,4,6H,1,3,5H2. The van der Waals surface area contributed by atoms with Crippen LogP contribution < -0.4 is 4.90 Å². The summed E-state index contributed by atoms with van der Waals surface area (Å²) < 4.78 is 37.9. The second-order valence-corrected chi connectivity index (χ2v) is 4.92. The van der Waals surface area contributed by atoms with Gasteiger partial charge in [0.25, 0.3) is 0 Å². The molecule has 1 aliphatic rings. The van der Waals surface area contributed by atoms with Crippen molar-refractivity contribution in [1.82, 2.24) is 9.97 Å². The molecule has 0 aromatic carbocycles. The smallest absolute Gasteiger partial charge is 0.280 e. The fourth-order valence-electron chi connectivity index (χ4n) is 1.77. The fraction of sp³-hybridized carbons (Fsp3) is 0.364. The Hall–Kier alpha value is -1.44. The van der Waals surface area contributed by atoms with Crippen LogP contribution in [-0.4, -0.2) is 22.4 Å². The van der Waals surface area contributed by atoms with Gasteiger partial charge in [0.05, 0.1) is 4.47 Å². The molecular weight excluding hydrogens is 327 g/mol. The minimum absolute atomic E-state index is 0.0888. The number of nitrogens with zero attached hydrogens (tertiary/aromatic N) is 3. The molecule has 1 aromatic rings. The summed E-state index contributed by atoms with van der Waals surface area (Å²) in [5.74, 6) is -0.626. The summed E-state index contributed by atoms with van der Waals surface area (Å²) in [6.07, 6.45) is -1.79. The minimum atomic E-state index is -4.60. The Labute approximate surface area is 115 Å². The van der Waals surface area contributed by atoms with Crippen molar-refractivity contribution >= 4 is 27.8 Å². The van der Waals surface area contributed by atoms with Gasteiger partial charge in [-0.2, -0.15) is 13.2 Å². The third kappa shape index (κ3) is 2.78. The number of halogens is 4. The Morgan fingerprint density at radius 1 is 1.53 bits per heavy atom. The van der Waals surface area contributed by atoms with Crippen LogP contribution in [0.3, 0.4) is 0 Å². The van der Waals surface area contributed by atoms with Crippen molar-refractivity contribution in [1.29, 1.82) is 0 Å². The highest BCUT2D eigenvalue weighted by Crippen LogP contribution is 2.34. The molecule has 1 aliphatic heterocycles. The van der Waals surface area contributed by atoms with E-state index in [1.54, 1.807) is 6.08 Å². The van der Waals surface area contributed by atoms with Crippen molar-refractivity contribution in [2.75, 3.05) is 11.4 Å². The van der Waals surface area contributed by atoms with Gasteiger partial charge in [-0.15, -0.1) is 6.58 Å². The summed E-state index contributed by atoms with van der Waals surface area (Å²) in [5.41, 5.74) is -1.09. The summed E-state index contributed by atoms with van der Waals surface area (Å²) in [7, 11) is 0. The van der Waals surface area contributed by atoms with E-state index < -0.39 is 11.9 Å². The van der Waals surface area contributed by atoms with E-state index in [9.17, 15) is 18.0 Å². The van der Waals surface area contributed by atoms with Crippen LogP contribution in [0.25, 0.3) is 0 Å². The molecule has 0 bridgehead atoms. The molecule has 102 valence electrons. The summed E-state index contributed by atoms with van der Waals surface area (Å²) in [5, 5.41) is 0. The first-order chi connectivity index (χ1) is 8.82. The zero-order valence-corrected chi connectivity index (χ0v) is 11.2. The second kappa shape index (κ2) is 4.92. The number of alkyl halides is 3. The van der Waals surface area contributed by atoms with Crippen molar-refractivity contribution in [2.24, 2.45) is 5.92 Å². The van der Waals surface area contributed by atoms with Gasteiger partial charge >= 0.3 is 6.18 Å². The maximum Gasteiger partial charge on any atom is 0.434 e. The largest absolute Gasteiger partial charge is 0.434 e. The van der Waals surface area contributed by atoms with Gasteiger partial charge in [-0.3, -0.25) is 9.69 Å². The predicted molar refractivity (Wildman–Crippen MR) is 65.4 cm³/mol. The Morgan fingerprint density at radius 3 is 2.74 bits per heavy atom. The molecule has 1 amide bonds. The van der Waals surface area contributed by atoms with Crippen LogP contribution in [0, 0.1) is 5.92 Å². The lowest BCUT2D eigenvalue weighted by atomic mass is 10.1. The zero-order valence-electron chi connectivity index (χ0n) is 9.62. The first-order valence-corrected chi connectivity index (χ1v) is 6.15. The third-order valence-corrected chi connectivity index (χ3v) is 3.31. The topological polar surface area (TPSA) is 46.1 Å². The Balaban J connectivity index is 2.37. The Morgan fingerprint density at radius 2 is 2.21 bits per heavy atom. The summed E-state index contributed by atoms with van der Waals surface area (Å²) in [6, 6.07) is 0. The summed E-state index contributed by atoms with van der Waals surface area (Å²) in [6.45, 7) is 3.82. The highest BCUT2D eigenvalue weighted by Gasteiger charge is 2.37. The molecule has 0 radical (unpaired) electrons. The second-order valence-electron chi connectivity index (χ2n) is 4.07. The maximum atomic E-state index is 12.7. The van der Waals surface area contributed by atoms with Crippen LogP contribution in [0.1, 0.15) is 12.1 Å². The zero-order chi connectivity index (χ0) is 14.2. The van der Waals surface area contributed by atoms with Gasteiger partial charge in [-0.05, 0) is 15.9 Å². The van der Waals surface area contributed by atoms with Gasteiger partial charge in [0.2, 0.25) is 11.9 Å². The maximum absolute atomic E-state index is 12.7. The van der Waals surface area contributed by atoms with Crippen LogP contribution in [0.4, 0.5) is 19.1 Å². The van der Waals surface area contributed by atoms with E-state index in [1.165, 1.54) is 0 Å². The van der Waals surface area contributed by atoms with E-state index in [2.05, 4.69) is 32.5 Å². The van der Waals surface area contributed by atoms with E-state index in [0.717, 1.165) is 11.1 Å². The molecule has 1 atom stereocenters. The molecule has 1 fully saturated rings. The number of carbonyl (C=O) groups excluding carboxylic acids is 1. The van der Waals surface area contributed by atoms with Crippen molar-refractivity contribution in [2.45, 2.75) is 12.6 Å². The number of rotatable bonds is 2. The molecule has 8 heteroatoms. The normalized spacial score (nSPS) is 19.9. The van der Waals surface area contributed by atoms with Crippen LogP contribution in [0.2, 0.25) is 0 Å². The Bertz CT molecular complexity index is 532. The van der Waals surface area contributed by atoms with Crippen molar-refractivity contribution in [3.8, 4) is 0 Å². The molecule has 1 unspecified atom stereocenters. The monoisotopic (exact) mass is 335 g/mol. The van der Waals surface area contributed by atoms with Gasteiger partial charge in [0.15, 0.2) is 5.69 Å². The number of carbonyl (C=O) groups is 1. The molecule has 4 nitrogen and oxygen atoms in total. The molecule has 1 saturated heterocycles. The van der Waals surface area contributed by atoms with E-state index in [0.29, 0.717) is 0 Å². The number of anilines is 1. The van der Waals surface area contributed by atoms with Gasteiger partial charge in [0, 0.05) is 25.1 Å². The number of hydrogen-bond acceptors (Lipinski definition) is 3. The molecule has 19 heavy (non-hydrogen) atoms. The number of hydrogen-bond donors (Lipinski definition) is 0. The van der Waals surface area contributed by atoms with Crippen molar-refractivity contribution in [3.05, 3.63) is 29.0 Å². The lowest BCUT2D eigenvalue weighted by Crippen LogP contribution is -2.27. The van der Waals surface area contributed by atoms with Crippen molar-refractivity contribution in [3.63, 3.8) is 0 Å². The van der Waals surface area contributed by atoms with E-state index in [4.69, 9.17) is 0 Å². The average Bonchev–Trinajstić information content (AvgIpc) is 2.70. The molecule has 0 spiro atoms. The van der Waals surface area contributed by atoms with Crippen LogP contribution >= 0.6 is 15.9 Å². The van der Waals surface area contributed by atoms with Crippen molar-refractivity contribution < 1.29 is 18.0 Å². The number of aromatic nitrogens is 2. The fourth-order valence-corrected chi connectivity index (χ4v) is 2.19. The van der Waals surface area contributed by atoms with Gasteiger partial charge in [0.1, 0.15) is 0 Å². The van der Waals surface area contributed by atoms with E-state index in [1.807, 2.05) is 0 Å². The lowest BCUT2D eigenvalue weighted by Gasteiger charge is -2.16. The lowest BCUT2D eigenvalue weighted by molar-refractivity contribution is -0.141. The Kier molecular flexibility index (Phi) is 3.62. The van der Waals surface area contributed by atoms with Gasteiger partial charge in [-0.25, -0.2) is 9.97 Å². The molecule has 2 heterocycles. The molecule has 0 aliphatic carbocycles. The van der Waals surface area contributed by atoms with Crippen LogP contribution in [0.15, 0.2) is 23.3 Å². The average molecular weight is 336 g/mol. The SMILES string of the molecule is C=CC1CC(=O)N(c2ncc(Br)c(C(F)(F)F)n2)C1. The number of amides is 1. The molecule has 0 saturated carbocycles. The quantitative estimate of drug-likeness (QED) is 0.781. The first-order valence-electron chi connectivity index (χ1n) is 5.35. The molecular formula is C11H9BrF3N3O. The van der Waals surface area contributed by atoms with Crippen LogP contribution in [0.5, 0.6) is 0 Å². The molecule has 0 N–H and O–H groups in total.